The maximum absolute atomic E-state index is 13.0. The second-order valence-electron chi connectivity index (χ2n) is 12.6. The topological polar surface area (TPSA) is 142 Å². The molecule has 0 amide bonds. The molecule has 250 valence electrons. The Morgan fingerprint density at radius 2 is 1.59 bits per heavy atom. The number of aromatic amines is 1. The summed E-state index contributed by atoms with van der Waals surface area (Å²) in [5.74, 6) is -1.07. The Labute approximate surface area is 272 Å². The Morgan fingerprint density at radius 1 is 0.957 bits per heavy atom. The highest BCUT2D eigenvalue weighted by Gasteiger charge is 2.42. The van der Waals surface area contributed by atoms with E-state index < -0.39 is 17.6 Å². The average Bonchev–Trinajstić information content (AvgIpc) is 3.59. The van der Waals surface area contributed by atoms with Gasteiger partial charge in [-0.05, 0) is 17.6 Å². The Hall–Kier alpha value is -3.95. The van der Waals surface area contributed by atoms with Crippen LogP contribution in [0.25, 0.3) is 11.2 Å². The number of aromatic nitrogens is 4. The Morgan fingerprint density at radius 3 is 2.24 bits per heavy atom. The van der Waals surface area contributed by atoms with Gasteiger partial charge in [-0.1, -0.05) is 121 Å². The molecule has 10 heteroatoms. The first-order valence-electron chi connectivity index (χ1n) is 17.2. The number of hydrogen-bond acceptors (Lipinski definition) is 8. The van der Waals surface area contributed by atoms with E-state index >= 15 is 0 Å². The van der Waals surface area contributed by atoms with Gasteiger partial charge in [0.1, 0.15) is 12.7 Å². The van der Waals surface area contributed by atoms with Crippen molar-refractivity contribution in [1.82, 2.24) is 19.5 Å². The normalized spacial score (nSPS) is 17.8. The van der Waals surface area contributed by atoms with Gasteiger partial charge in [-0.25, -0.2) is 4.98 Å². The van der Waals surface area contributed by atoms with E-state index in [1.807, 2.05) is 30.3 Å². The van der Waals surface area contributed by atoms with Gasteiger partial charge in [0, 0.05) is 12.8 Å². The molecule has 0 saturated heterocycles. The third kappa shape index (κ3) is 10.3. The standard InChI is InChI=1S/C36H51N5O5/c1-3-4-5-6-7-8-9-10-11-12-13-14-18-21-31(42)46-30-23-29(41-25-38-33-34(41)39-36(37)40-35(33)44)26(2)28(30)24-45-32(43)22-27-19-16-15-17-20-27/h15-17,19-20,25,28-30H,2-14,18,21-24H2,1H3,(H3,37,39,40,44)/t28-,29-,30-/m0/s1. The monoisotopic (exact) mass is 633 g/mol. The van der Waals surface area contributed by atoms with Crippen LogP contribution in [0.4, 0.5) is 5.95 Å². The number of H-pyrrole nitrogens is 1. The number of nitrogens with one attached hydrogen (secondary N) is 1. The maximum atomic E-state index is 13.0. The minimum absolute atomic E-state index is 0.0185. The third-order valence-electron chi connectivity index (χ3n) is 8.98. The van der Waals surface area contributed by atoms with Crippen molar-refractivity contribution in [3.63, 3.8) is 0 Å². The van der Waals surface area contributed by atoms with Crippen molar-refractivity contribution in [3.05, 3.63) is 64.7 Å². The minimum atomic E-state index is -0.548. The Bertz CT molecular complexity index is 1470. The van der Waals surface area contributed by atoms with E-state index in [9.17, 15) is 14.4 Å². The number of benzene rings is 1. The van der Waals surface area contributed by atoms with E-state index in [1.165, 1.54) is 70.5 Å². The van der Waals surface area contributed by atoms with Gasteiger partial charge in [-0.15, -0.1) is 0 Å². The number of ether oxygens (including phenoxy) is 2. The Balaban J connectivity index is 1.27. The van der Waals surface area contributed by atoms with Crippen LogP contribution in [-0.2, 0) is 25.5 Å². The summed E-state index contributed by atoms with van der Waals surface area (Å²) in [6.45, 7) is 6.59. The molecule has 2 aromatic heterocycles. The number of carbonyl (C=O) groups excluding carboxylic acids is 2. The van der Waals surface area contributed by atoms with Gasteiger partial charge in [-0.3, -0.25) is 19.4 Å². The van der Waals surface area contributed by atoms with Gasteiger partial charge in [0.15, 0.2) is 11.2 Å². The molecule has 10 nitrogen and oxygen atoms in total. The van der Waals surface area contributed by atoms with Gasteiger partial charge in [-0.2, -0.15) is 4.98 Å². The van der Waals surface area contributed by atoms with E-state index in [0.717, 1.165) is 24.8 Å². The zero-order chi connectivity index (χ0) is 32.7. The van der Waals surface area contributed by atoms with Crippen molar-refractivity contribution in [2.75, 3.05) is 12.3 Å². The summed E-state index contributed by atoms with van der Waals surface area (Å²) in [6.07, 6.45) is 17.9. The fraction of sp³-hybridized carbons (Fsp3) is 0.583. The van der Waals surface area contributed by atoms with Gasteiger partial charge in [0.2, 0.25) is 5.95 Å². The van der Waals surface area contributed by atoms with E-state index in [0.29, 0.717) is 24.1 Å². The molecule has 2 heterocycles. The van der Waals surface area contributed by atoms with Crippen molar-refractivity contribution in [2.24, 2.45) is 5.92 Å². The fourth-order valence-corrected chi connectivity index (χ4v) is 6.34. The fourth-order valence-electron chi connectivity index (χ4n) is 6.34. The average molecular weight is 634 g/mol. The number of nitrogen functional groups attached to an aromatic ring is 1. The number of anilines is 1. The summed E-state index contributed by atoms with van der Waals surface area (Å²) in [4.78, 5) is 49.0. The van der Waals surface area contributed by atoms with Crippen LogP contribution < -0.4 is 11.3 Å². The van der Waals surface area contributed by atoms with Gasteiger partial charge < -0.3 is 19.8 Å². The predicted octanol–water partition coefficient (Wildman–Crippen LogP) is 7.00. The summed E-state index contributed by atoms with van der Waals surface area (Å²) < 4.78 is 13.4. The first-order chi connectivity index (χ1) is 22.4. The van der Waals surface area contributed by atoms with Gasteiger partial charge in [0.25, 0.3) is 5.56 Å². The highest BCUT2D eigenvalue weighted by Crippen LogP contribution is 2.42. The van der Waals surface area contributed by atoms with Crippen LogP contribution >= 0.6 is 0 Å². The van der Waals surface area contributed by atoms with Crippen LogP contribution in [0.3, 0.4) is 0 Å². The van der Waals surface area contributed by atoms with Crippen LogP contribution in [0, 0.1) is 5.92 Å². The number of carbonyl (C=O) groups is 2. The summed E-state index contributed by atoms with van der Waals surface area (Å²) in [7, 11) is 0. The molecule has 4 rings (SSSR count). The molecule has 0 bridgehead atoms. The van der Waals surface area contributed by atoms with E-state index in [1.54, 1.807) is 4.57 Å². The summed E-state index contributed by atoms with van der Waals surface area (Å²) in [5, 5.41) is 0. The first kappa shape index (κ1) is 34.9. The number of nitrogens with zero attached hydrogens (tertiary/aromatic N) is 3. The molecule has 1 aliphatic carbocycles. The predicted molar refractivity (Wildman–Crippen MR) is 180 cm³/mol. The lowest BCUT2D eigenvalue weighted by atomic mass is 10.0. The second-order valence-corrected chi connectivity index (χ2v) is 12.6. The molecule has 0 aliphatic heterocycles. The van der Waals surface area contributed by atoms with Crippen molar-refractivity contribution in [3.8, 4) is 0 Å². The lowest BCUT2D eigenvalue weighted by molar-refractivity contribution is -0.153. The van der Waals surface area contributed by atoms with Gasteiger partial charge in [0.05, 0.1) is 24.7 Å². The second kappa shape index (κ2) is 18.3. The molecule has 3 aromatic rings. The van der Waals surface area contributed by atoms with Crippen molar-refractivity contribution < 1.29 is 19.1 Å². The SMILES string of the molecule is C=C1[C@H](COC(=O)Cc2ccccc2)[C@@H](OC(=O)CCCCCCCCCCCCCCC)C[C@@H]1n1cnc2c(=O)[nH]c(N)nc21. The zero-order valence-corrected chi connectivity index (χ0v) is 27.4. The molecular formula is C36H51N5O5. The van der Waals surface area contributed by atoms with Crippen LogP contribution in [-0.4, -0.2) is 44.2 Å². The van der Waals surface area contributed by atoms with Crippen LogP contribution in [0.2, 0.25) is 0 Å². The molecule has 1 aliphatic rings. The number of esters is 2. The number of imidazole rings is 1. The summed E-state index contributed by atoms with van der Waals surface area (Å²) >= 11 is 0. The highest BCUT2D eigenvalue weighted by atomic mass is 16.6. The maximum Gasteiger partial charge on any atom is 0.310 e. The molecule has 0 radical (unpaired) electrons. The number of nitrogens with two attached hydrogens (primary N) is 1. The number of rotatable bonds is 20. The number of unbranched alkanes of at least 4 members (excludes halogenated alkanes) is 12. The lowest BCUT2D eigenvalue weighted by Gasteiger charge is -2.20. The number of fused-ring (bicyclic) bond motifs is 1. The van der Waals surface area contributed by atoms with Crippen LogP contribution in [0.15, 0.2) is 53.6 Å². The molecule has 0 spiro atoms. The molecule has 46 heavy (non-hydrogen) atoms. The van der Waals surface area contributed by atoms with Crippen molar-refractivity contribution in [1.29, 1.82) is 0 Å². The lowest BCUT2D eigenvalue weighted by Crippen LogP contribution is -2.27. The smallest absolute Gasteiger partial charge is 0.310 e. The third-order valence-corrected chi connectivity index (χ3v) is 8.98. The minimum Gasteiger partial charge on any atom is -0.465 e. The van der Waals surface area contributed by atoms with E-state index in [-0.39, 0.29) is 42.5 Å². The molecule has 1 fully saturated rings. The molecule has 3 N–H and O–H groups in total. The van der Waals surface area contributed by atoms with Crippen LogP contribution in [0.1, 0.15) is 115 Å². The molecule has 1 saturated carbocycles. The molecule has 3 atom stereocenters. The summed E-state index contributed by atoms with van der Waals surface area (Å²) in [6, 6.07) is 9.02. The van der Waals surface area contributed by atoms with E-state index in [2.05, 4.69) is 28.5 Å². The molecule has 1 aromatic carbocycles. The van der Waals surface area contributed by atoms with Gasteiger partial charge >= 0.3 is 11.9 Å². The Kier molecular flexibility index (Phi) is 13.9. The van der Waals surface area contributed by atoms with Crippen LogP contribution in [0.5, 0.6) is 0 Å². The summed E-state index contributed by atoms with van der Waals surface area (Å²) in [5.41, 5.74) is 7.44. The van der Waals surface area contributed by atoms with E-state index in [4.69, 9.17) is 15.2 Å². The first-order valence-corrected chi connectivity index (χ1v) is 17.2. The zero-order valence-electron chi connectivity index (χ0n) is 27.4. The number of hydrogen-bond donors (Lipinski definition) is 2. The highest BCUT2D eigenvalue weighted by molar-refractivity contribution is 5.73. The van der Waals surface area contributed by atoms with Crippen molar-refractivity contribution in [2.45, 2.75) is 122 Å². The quantitative estimate of drug-likeness (QED) is 0.0770. The molecular weight excluding hydrogens is 582 g/mol. The molecule has 0 unspecified atom stereocenters. The largest absolute Gasteiger partial charge is 0.465 e. The van der Waals surface area contributed by atoms with Crippen molar-refractivity contribution >= 4 is 29.1 Å².